The number of ether oxygens (including phenoxy) is 1. The van der Waals surface area contributed by atoms with E-state index in [1.54, 1.807) is 75.4 Å². The number of nitrogens with one attached hydrogen (secondary N) is 4. The van der Waals surface area contributed by atoms with Crippen LogP contribution in [0.2, 0.25) is 0 Å². The van der Waals surface area contributed by atoms with Crippen LogP contribution in [0.4, 0.5) is 10.5 Å². The molecule has 0 saturated carbocycles. The molecule has 0 spiro atoms. The van der Waals surface area contributed by atoms with Crippen LogP contribution in [0.15, 0.2) is 59.6 Å². The molecule has 0 aliphatic heterocycles. The fourth-order valence-corrected chi connectivity index (χ4v) is 4.54. The topological polar surface area (TPSA) is 201 Å². The quantitative estimate of drug-likeness (QED) is 0.166. The molecular weight excluding hydrogens is 540 g/mol. The van der Waals surface area contributed by atoms with E-state index in [0.717, 1.165) is 0 Å². The van der Waals surface area contributed by atoms with Crippen LogP contribution in [0.5, 0.6) is 0 Å². The molecule has 40 heavy (non-hydrogen) atoms. The maximum atomic E-state index is 12.5. The normalized spacial score (nSPS) is 13.6. The lowest BCUT2D eigenvalue weighted by Gasteiger charge is -2.20. The molecule has 14 heteroatoms. The maximum Gasteiger partial charge on any atom is 0.414 e. The molecule has 2 atom stereocenters. The Bertz CT molecular complexity index is 1290. The molecule has 0 fully saturated rings. The summed E-state index contributed by atoms with van der Waals surface area (Å²) < 4.78 is 32.1. The summed E-state index contributed by atoms with van der Waals surface area (Å²) in [7, 11) is -3.93. The first-order valence-corrected chi connectivity index (χ1v) is 14.0. The van der Waals surface area contributed by atoms with E-state index in [1.807, 2.05) is 0 Å². The lowest BCUT2D eigenvalue weighted by Crippen LogP contribution is -2.54. The highest BCUT2D eigenvalue weighted by atomic mass is 32.2. The molecule has 0 saturated heterocycles. The SMILES string of the molecule is C[C@H](NC(=O)[C@@H](CO)NS(=O)(=O)Cc1ccccc1)C(=O)NCc1ccc(N=C(N)NC(=O)OC(C)(C)C)cc1. The first-order chi connectivity index (χ1) is 18.7. The number of rotatable bonds is 11. The fourth-order valence-electron chi connectivity index (χ4n) is 3.21. The standard InChI is InChI=1S/C26H36N6O7S/c1-17(29-23(35)21(15-33)32-40(37,38)16-19-8-6-5-7-9-19)22(34)28-14-18-10-12-20(13-11-18)30-24(27)31-25(36)39-26(2,3)4/h5-13,17,21,32-33H,14-16H2,1-4H3,(H,28,34)(H,29,35)(H3,27,30,31,36)/t17-,21+/m0/s1. The smallest absolute Gasteiger partial charge is 0.414 e. The third-order valence-electron chi connectivity index (χ3n) is 5.05. The molecule has 0 aromatic heterocycles. The molecule has 7 N–H and O–H groups in total. The van der Waals surface area contributed by atoms with Crippen LogP contribution in [0.1, 0.15) is 38.8 Å². The van der Waals surface area contributed by atoms with Gasteiger partial charge in [0.2, 0.25) is 27.8 Å². The van der Waals surface area contributed by atoms with E-state index >= 15 is 0 Å². The van der Waals surface area contributed by atoms with Crippen LogP contribution in [-0.2, 0) is 36.6 Å². The second-order valence-corrected chi connectivity index (χ2v) is 11.6. The van der Waals surface area contributed by atoms with Gasteiger partial charge in [-0.25, -0.2) is 22.9 Å². The number of aliphatic hydroxyl groups is 1. The van der Waals surface area contributed by atoms with E-state index in [2.05, 4.69) is 25.7 Å². The molecule has 2 aromatic carbocycles. The highest BCUT2D eigenvalue weighted by Gasteiger charge is 2.26. The van der Waals surface area contributed by atoms with Gasteiger partial charge in [0.25, 0.3) is 0 Å². The molecule has 0 radical (unpaired) electrons. The van der Waals surface area contributed by atoms with Gasteiger partial charge in [0.1, 0.15) is 17.7 Å². The van der Waals surface area contributed by atoms with Crippen LogP contribution in [0, 0.1) is 0 Å². The van der Waals surface area contributed by atoms with Gasteiger partial charge in [0.15, 0.2) is 0 Å². The Morgan fingerprint density at radius 1 is 1.00 bits per heavy atom. The summed E-state index contributed by atoms with van der Waals surface area (Å²) in [5.41, 5.74) is 6.73. The summed E-state index contributed by atoms with van der Waals surface area (Å²) in [6, 6.07) is 12.5. The molecule has 0 aliphatic carbocycles. The summed E-state index contributed by atoms with van der Waals surface area (Å²) in [5.74, 6) is -1.89. The Morgan fingerprint density at radius 2 is 1.62 bits per heavy atom. The summed E-state index contributed by atoms with van der Waals surface area (Å²) in [5, 5.41) is 16.9. The van der Waals surface area contributed by atoms with E-state index < -0.39 is 52.2 Å². The van der Waals surface area contributed by atoms with Gasteiger partial charge in [-0.2, -0.15) is 0 Å². The fraction of sp³-hybridized carbons (Fsp3) is 0.385. The van der Waals surface area contributed by atoms with Gasteiger partial charge < -0.3 is 26.2 Å². The Hall–Kier alpha value is -4.01. The minimum absolute atomic E-state index is 0.127. The van der Waals surface area contributed by atoms with Crippen LogP contribution < -0.4 is 26.4 Å². The minimum atomic E-state index is -3.93. The number of hydrogen-bond acceptors (Lipinski definition) is 8. The summed E-state index contributed by atoms with van der Waals surface area (Å²) in [6.45, 7) is 5.92. The molecule has 218 valence electrons. The Labute approximate surface area is 233 Å². The predicted octanol–water partition coefficient (Wildman–Crippen LogP) is 0.759. The summed E-state index contributed by atoms with van der Waals surface area (Å²) >= 11 is 0. The van der Waals surface area contributed by atoms with E-state index in [4.69, 9.17) is 10.5 Å². The largest absolute Gasteiger partial charge is 0.444 e. The first-order valence-electron chi connectivity index (χ1n) is 12.3. The van der Waals surface area contributed by atoms with Crippen molar-refractivity contribution in [2.45, 2.75) is 57.7 Å². The summed E-state index contributed by atoms with van der Waals surface area (Å²) in [6.07, 6.45) is -0.732. The maximum absolute atomic E-state index is 12.5. The second-order valence-electron chi connectivity index (χ2n) is 9.84. The van der Waals surface area contributed by atoms with Crippen LogP contribution in [0.3, 0.4) is 0 Å². The van der Waals surface area contributed by atoms with E-state index in [0.29, 0.717) is 16.8 Å². The molecule has 13 nitrogen and oxygen atoms in total. The third-order valence-corrected chi connectivity index (χ3v) is 6.41. The van der Waals surface area contributed by atoms with E-state index in [-0.39, 0.29) is 18.3 Å². The molecule has 0 bridgehead atoms. The monoisotopic (exact) mass is 576 g/mol. The Balaban J connectivity index is 1.85. The number of guanidine groups is 1. The average Bonchev–Trinajstić information content (AvgIpc) is 2.85. The molecule has 0 aliphatic rings. The number of nitrogens with two attached hydrogens (primary N) is 1. The summed E-state index contributed by atoms with van der Waals surface area (Å²) in [4.78, 5) is 40.8. The van der Waals surface area contributed by atoms with Gasteiger partial charge in [-0.15, -0.1) is 0 Å². The number of sulfonamides is 1. The van der Waals surface area contributed by atoms with E-state index in [1.165, 1.54) is 6.92 Å². The number of benzene rings is 2. The van der Waals surface area contributed by atoms with Gasteiger partial charge in [-0.3, -0.25) is 14.9 Å². The average molecular weight is 577 g/mol. The molecule has 3 amide bonds. The Kier molecular flexibility index (Phi) is 11.6. The van der Waals surface area contributed by atoms with E-state index in [9.17, 15) is 27.9 Å². The van der Waals surface area contributed by atoms with Crippen molar-refractivity contribution in [3.8, 4) is 0 Å². The van der Waals surface area contributed by atoms with Crippen LogP contribution >= 0.6 is 0 Å². The van der Waals surface area contributed by atoms with Crippen LogP contribution in [0.25, 0.3) is 0 Å². The molecule has 0 unspecified atom stereocenters. The van der Waals surface area contributed by atoms with Crippen LogP contribution in [-0.4, -0.2) is 61.7 Å². The molecular formula is C26H36N6O7S. The Morgan fingerprint density at radius 3 is 2.20 bits per heavy atom. The lowest BCUT2D eigenvalue weighted by molar-refractivity contribution is -0.130. The lowest BCUT2D eigenvalue weighted by atomic mass is 10.2. The predicted molar refractivity (Wildman–Crippen MR) is 150 cm³/mol. The van der Waals surface area contributed by atoms with Crippen molar-refractivity contribution in [1.29, 1.82) is 0 Å². The zero-order chi connectivity index (χ0) is 29.9. The van der Waals surface area contributed by atoms with Crippen molar-refractivity contribution in [2.75, 3.05) is 6.61 Å². The third kappa shape index (κ3) is 11.8. The number of nitrogens with zero attached hydrogens (tertiary/aromatic N) is 1. The van der Waals surface area contributed by atoms with Crippen molar-refractivity contribution in [2.24, 2.45) is 10.7 Å². The second kappa shape index (κ2) is 14.4. The van der Waals surface area contributed by atoms with Crippen molar-refractivity contribution < 1.29 is 32.6 Å². The highest BCUT2D eigenvalue weighted by Crippen LogP contribution is 2.13. The van der Waals surface area contributed by atoms with Gasteiger partial charge >= 0.3 is 6.09 Å². The highest BCUT2D eigenvalue weighted by molar-refractivity contribution is 7.88. The molecule has 2 aromatic rings. The van der Waals surface area contributed by atoms with Crippen molar-refractivity contribution >= 4 is 39.6 Å². The molecule has 0 heterocycles. The van der Waals surface area contributed by atoms with Gasteiger partial charge in [0, 0.05) is 6.54 Å². The first kappa shape index (κ1) is 32.2. The number of carbonyl (C=O) groups is 3. The van der Waals surface area contributed by atoms with Crippen molar-refractivity contribution in [1.82, 2.24) is 20.7 Å². The zero-order valence-electron chi connectivity index (χ0n) is 22.8. The number of aliphatic hydroxyl groups excluding tert-OH is 1. The van der Waals surface area contributed by atoms with Gasteiger partial charge in [-0.05, 0) is 51.0 Å². The number of carbonyl (C=O) groups excluding carboxylic acids is 3. The molecule has 2 rings (SSSR count). The van der Waals surface area contributed by atoms with Gasteiger partial charge in [0.05, 0.1) is 18.0 Å². The van der Waals surface area contributed by atoms with Crippen molar-refractivity contribution in [3.05, 3.63) is 65.7 Å². The number of amides is 3. The number of aliphatic imine (C=N–C) groups is 1. The van der Waals surface area contributed by atoms with Gasteiger partial charge in [-0.1, -0.05) is 42.5 Å². The van der Waals surface area contributed by atoms with Crippen molar-refractivity contribution in [3.63, 3.8) is 0 Å². The number of alkyl carbamates (subject to hydrolysis) is 1. The minimum Gasteiger partial charge on any atom is -0.444 e. The number of hydrogen-bond donors (Lipinski definition) is 6. The zero-order valence-corrected chi connectivity index (χ0v) is 23.6.